The molecule has 0 radical (unpaired) electrons. The summed E-state index contributed by atoms with van der Waals surface area (Å²) in [6.07, 6.45) is 7.79. The number of carbonyl (C=O) groups is 1. The summed E-state index contributed by atoms with van der Waals surface area (Å²) in [6, 6.07) is 0.584. The van der Waals surface area contributed by atoms with E-state index in [1.54, 1.807) is 0 Å². The van der Waals surface area contributed by atoms with Crippen LogP contribution in [0.2, 0.25) is 0 Å². The summed E-state index contributed by atoms with van der Waals surface area (Å²) in [7, 11) is 1.50. The average molecular weight is 223 g/mol. The van der Waals surface area contributed by atoms with Crippen LogP contribution in [0.15, 0.2) is 0 Å². The van der Waals surface area contributed by atoms with Crippen LogP contribution in [-0.4, -0.2) is 25.2 Å². The van der Waals surface area contributed by atoms with Crippen molar-refractivity contribution in [3.8, 4) is 0 Å². The van der Waals surface area contributed by atoms with Crippen LogP contribution in [0.3, 0.4) is 0 Å². The lowest BCUT2D eigenvalue weighted by Gasteiger charge is -2.24. The molecule has 3 aliphatic carbocycles. The molecule has 16 heavy (non-hydrogen) atoms. The van der Waals surface area contributed by atoms with Gasteiger partial charge in [-0.2, -0.15) is 0 Å². The van der Waals surface area contributed by atoms with Gasteiger partial charge in [0.05, 0.1) is 7.11 Å². The maximum Gasteiger partial charge on any atom is 0.323 e. The Kier molecular flexibility index (Phi) is 2.66. The summed E-state index contributed by atoms with van der Waals surface area (Å²) in [5.74, 6) is 2.19. The van der Waals surface area contributed by atoms with E-state index in [-0.39, 0.29) is 12.0 Å². The topological polar surface area (TPSA) is 38.3 Å². The van der Waals surface area contributed by atoms with Crippen molar-refractivity contribution in [1.82, 2.24) is 5.32 Å². The fourth-order valence-electron chi connectivity index (χ4n) is 2.73. The van der Waals surface area contributed by atoms with Gasteiger partial charge < -0.3 is 10.1 Å². The molecule has 3 aliphatic rings. The van der Waals surface area contributed by atoms with Gasteiger partial charge in [-0.05, 0) is 56.3 Å². The molecule has 0 aromatic rings. The summed E-state index contributed by atoms with van der Waals surface area (Å²) >= 11 is 0. The smallest absolute Gasteiger partial charge is 0.323 e. The highest BCUT2D eigenvalue weighted by Gasteiger charge is 2.46. The molecule has 0 amide bonds. The van der Waals surface area contributed by atoms with Crippen molar-refractivity contribution in [2.75, 3.05) is 7.11 Å². The van der Waals surface area contributed by atoms with Gasteiger partial charge >= 0.3 is 5.97 Å². The van der Waals surface area contributed by atoms with E-state index in [0.717, 1.165) is 11.8 Å². The Morgan fingerprint density at radius 1 is 1.06 bits per heavy atom. The predicted molar refractivity (Wildman–Crippen MR) is 60.9 cm³/mol. The summed E-state index contributed by atoms with van der Waals surface area (Å²) in [6.45, 7) is 0. The maximum atomic E-state index is 11.7. The van der Waals surface area contributed by atoms with Crippen LogP contribution in [0.25, 0.3) is 0 Å². The standard InChI is InChI=1S/C13H21NO2/c1-16-13(15)12(10-6-7-10)14-11(8-2-3-8)9-4-5-9/h8-12,14H,2-7H2,1H3. The summed E-state index contributed by atoms with van der Waals surface area (Å²) in [5, 5.41) is 3.62. The van der Waals surface area contributed by atoms with E-state index in [2.05, 4.69) is 5.32 Å². The zero-order chi connectivity index (χ0) is 11.1. The van der Waals surface area contributed by atoms with E-state index in [4.69, 9.17) is 4.74 Å². The van der Waals surface area contributed by atoms with Gasteiger partial charge in [0, 0.05) is 6.04 Å². The lowest BCUT2D eigenvalue weighted by atomic mass is 10.0. The van der Waals surface area contributed by atoms with Gasteiger partial charge in [-0.1, -0.05) is 0 Å². The molecule has 1 N–H and O–H groups in total. The van der Waals surface area contributed by atoms with E-state index in [1.807, 2.05) is 0 Å². The number of esters is 1. The Morgan fingerprint density at radius 3 is 1.94 bits per heavy atom. The lowest BCUT2D eigenvalue weighted by molar-refractivity contribution is -0.144. The van der Waals surface area contributed by atoms with Crippen LogP contribution in [0, 0.1) is 17.8 Å². The zero-order valence-corrected chi connectivity index (χ0v) is 9.95. The van der Waals surface area contributed by atoms with Gasteiger partial charge in [-0.3, -0.25) is 4.79 Å². The van der Waals surface area contributed by atoms with Crippen molar-refractivity contribution >= 4 is 5.97 Å². The highest BCUT2D eigenvalue weighted by molar-refractivity contribution is 5.76. The molecule has 3 rings (SSSR count). The predicted octanol–water partition coefficient (Wildman–Crippen LogP) is 1.72. The third-order valence-electron chi connectivity index (χ3n) is 4.18. The monoisotopic (exact) mass is 223 g/mol. The van der Waals surface area contributed by atoms with Crippen molar-refractivity contribution in [3.63, 3.8) is 0 Å². The van der Waals surface area contributed by atoms with Crippen molar-refractivity contribution < 1.29 is 9.53 Å². The first-order valence-corrected chi connectivity index (χ1v) is 6.63. The van der Waals surface area contributed by atoms with Crippen LogP contribution in [-0.2, 0) is 9.53 Å². The minimum Gasteiger partial charge on any atom is -0.468 e. The molecule has 3 nitrogen and oxygen atoms in total. The summed E-state index contributed by atoms with van der Waals surface area (Å²) < 4.78 is 4.91. The minimum absolute atomic E-state index is 0.0174. The summed E-state index contributed by atoms with van der Waals surface area (Å²) in [4.78, 5) is 11.7. The normalized spacial score (nSPS) is 26.9. The van der Waals surface area contributed by atoms with Gasteiger partial charge in [0.2, 0.25) is 0 Å². The molecule has 3 fully saturated rings. The fourth-order valence-corrected chi connectivity index (χ4v) is 2.73. The maximum absolute atomic E-state index is 11.7. The highest BCUT2D eigenvalue weighted by atomic mass is 16.5. The largest absolute Gasteiger partial charge is 0.468 e. The first kappa shape index (κ1) is 10.6. The molecule has 0 aliphatic heterocycles. The second kappa shape index (κ2) is 4.02. The molecule has 1 unspecified atom stereocenters. The molecule has 3 heteroatoms. The Bertz CT molecular complexity index is 268. The Labute approximate surface area is 96.9 Å². The van der Waals surface area contributed by atoms with E-state index in [9.17, 15) is 4.79 Å². The number of methoxy groups -OCH3 is 1. The highest BCUT2D eigenvalue weighted by Crippen LogP contribution is 2.45. The molecular formula is C13H21NO2. The molecule has 3 saturated carbocycles. The molecule has 1 atom stereocenters. The third kappa shape index (κ3) is 2.24. The quantitative estimate of drug-likeness (QED) is 0.697. The van der Waals surface area contributed by atoms with Crippen LogP contribution in [0.4, 0.5) is 0 Å². The van der Waals surface area contributed by atoms with Crippen LogP contribution in [0.1, 0.15) is 38.5 Å². The van der Waals surface area contributed by atoms with Gasteiger partial charge in [0.15, 0.2) is 0 Å². The first-order chi connectivity index (χ1) is 7.79. The third-order valence-corrected chi connectivity index (χ3v) is 4.18. The number of nitrogens with one attached hydrogen (secondary N) is 1. The number of rotatable bonds is 6. The van der Waals surface area contributed by atoms with E-state index < -0.39 is 0 Å². The van der Waals surface area contributed by atoms with Gasteiger partial charge in [0.25, 0.3) is 0 Å². The fraction of sp³-hybridized carbons (Fsp3) is 0.923. The minimum atomic E-state index is -0.0474. The second-order valence-corrected chi connectivity index (χ2v) is 5.71. The molecule has 90 valence electrons. The van der Waals surface area contributed by atoms with Crippen molar-refractivity contribution in [2.45, 2.75) is 50.6 Å². The zero-order valence-electron chi connectivity index (χ0n) is 9.95. The molecule has 0 aromatic carbocycles. The molecule has 0 heterocycles. The van der Waals surface area contributed by atoms with Crippen LogP contribution >= 0.6 is 0 Å². The Morgan fingerprint density at radius 2 is 1.56 bits per heavy atom. The SMILES string of the molecule is COC(=O)C(NC(C1CC1)C1CC1)C1CC1. The van der Waals surface area contributed by atoms with Crippen LogP contribution < -0.4 is 5.32 Å². The van der Waals surface area contributed by atoms with Crippen LogP contribution in [0.5, 0.6) is 0 Å². The Hall–Kier alpha value is -0.570. The van der Waals surface area contributed by atoms with Gasteiger partial charge in [0.1, 0.15) is 6.04 Å². The van der Waals surface area contributed by atoms with E-state index in [1.165, 1.54) is 45.6 Å². The number of ether oxygens (including phenoxy) is 1. The molecule has 0 aromatic heterocycles. The first-order valence-electron chi connectivity index (χ1n) is 6.63. The van der Waals surface area contributed by atoms with Crippen molar-refractivity contribution in [2.24, 2.45) is 17.8 Å². The molecule has 0 spiro atoms. The molecule has 0 saturated heterocycles. The van der Waals surface area contributed by atoms with E-state index in [0.29, 0.717) is 12.0 Å². The van der Waals surface area contributed by atoms with E-state index >= 15 is 0 Å². The molecule has 0 bridgehead atoms. The number of hydrogen-bond donors (Lipinski definition) is 1. The van der Waals surface area contributed by atoms with Crippen molar-refractivity contribution in [1.29, 1.82) is 0 Å². The number of carbonyl (C=O) groups excluding carboxylic acids is 1. The lowest BCUT2D eigenvalue weighted by Crippen LogP contribution is -2.47. The van der Waals surface area contributed by atoms with Gasteiger partial charge in [-0.15, -0.1) is 0 Å². The van der Waals surface area contributed by atoms with Gasteiger partial charge in [-0.25, -0.2) is 0 Å². The van der Waals surface area contributed by atoms with Crippen molar-refractivity contribution in [3.05, 3.63) is 0 Å². The Balaban J connectivity index is 1.62. The molecular weight excluding hydrogens is 202 g/mol. The summed E-state index contributed by atoms with van der Waals surface area (Å²) in [5.41, 5.74) is 0. The number of hydrogen-bond acceptors (Lipinski definition) is 3. The second-order valence-electron chi connectivity index (χ2n) is 5.71. The average Bonchev–Trinajstić information content (AvgIpc) is 3.17.